The Morgan fingerprint density at radius 1 is 1.18 bits per heavy atom. The summed E-state index contributed by atoms with van der Waals surface area (Å²) in [6, 6.07) is 12.9. The predicted octanol–water partition coefficient (Wildman–Crippen LogP) is 3.86. The molecule has 150 valence electrons. The van der Waals surface area contributed by atoms with Gasteiger partial charge in [-0.15, -0.1) is 0 Å². The molecule has 0 radical (unpaired) electrons. The van der Waals surface area contributed by atoms with Crippen LogP contribution in [-0.2, 0) is 11.2 Å². The third-order valence-corrected chi connectivity index (χ3v) is 5.56. The molecule has 1 aromatic heterocycles. The zero-order valence-corrected chi connectivity index (χ0v) is 16.9. The number of hydrogen-bond donors (Lipinski definition) is 0. The molecule has 5 heteroatoms. The van der Waals surface area contributed by atoms with E-state index >= 15 is 0 Å². The van der Waals surface area contributed by atoms with E-state index in [1.54, 1.807) is 6.07 Å². The zero-order chi connectivity index (χ0) is 19.9. The van der Waals surface area contributed by atoms with Crippen molar-refractivity contribution in [2.24, 2.45) is 0 Å². The van der Waals surface area contributed by atoms with Gasteiger partial charge in [-0.05, 0) is 57.0 Å². The van der Waals surface area contributed by atoms with Crippen molar-refractivity contribution < 1.29 is 9.18 Å². The molecule has 1 atom stereocenters. The SMILES string of the molecule is CCN(CC)C(=O)CN1CCC[C@@H](c2cccc(Cc3ccccc3F)n2)C1. The van der Waals surface area contributed by atoms with E-state index in [2.05, 4.69) is 11.0 Å². The Labute approximate surface area is 167 Å². The molecule has 0 bridgehead atoms. The number of nitrogens with zero attached hydrogens (tertiary/aromatic N) is 3. The molecule has 0 spiro atoms. The number of rotatable bonds is 7. The second-order valence-electron chi connectivity index (χ2n) is 7.46. The molecule has 1 aromatic carbocycles. The number of carbonyl (C=O) groups is 1. The van der Waals surface area contributed by atoms with Gasteiger partial charge in [0.25, 0.3) is 0 Å². The van der Waals surface area contributed by atoms with Crippen LogP contribution in [0.15, 0.2) is 42.5 Å². The van der Waals surface area contributed by atoms with E-state index < -0.39 is 0 Å². The van der Waals surface area contributed by atoms with Crippen LogP contribution in [0.1, 0.15) is 49.6 Å². The van der Waals surface area contributed by atoms with Crippen molar-refractivity contribution in [3.05, 3.63) is 65.2 Å². The van der Waals surface area contributed by atoms with Crippen molar-refractivity contribution >= 4 is 5.91 Å². The number of halogens is 1. The maximum atomic E-state index is 14.0. The van der Waals surface area contributed by atoms with E-state index in [0.29, 0.717) is 24.4 Å². The lowest BCUT2D eigenvalue weighted by molar-refractivity contribution is -0.132. The summed E-state index contributed by atoms with van der Waals surface area (Å²) >= 11 is 0. The number of piperidine rings is 1. The van der Waals surface area contributed by atoms with Crippen molar-refractivity contribution in [1.29, 1.82) is 0 Å². The first-order valence-corrected chi connectivity index (χ1v) is 10.3. The first kappa shape index (κ1) is 20.5. The van der Waals surface area contributed by atoms with Crippen LogP contribution in [0, 0.1) is 5.82 Å². The molecule has 2 heterocycles. The Morgan fingerprint density at radius 3 is 2.71 bits per heavy atom. The minimum Gasteiger partial charge on any atom is -0.342 e. The van der Waals surface area contributed by atoms with Gasteiger partial charge in [0, 0.05) is 43.4 Å². The van der Waals surface area contributed by atoms with E-state index in [-0.39, 0.29) is 11.7 Å². The first-order valence-electron chi connectivity index (χ1n) is 10.3. The van der Waals surface area contributed by atoms with E-state index in [1.165, 1.54) is 6.07 Å². The summed E-state index contributed by atoms with van der Waals surface area (Å²) in [4.78, 5) is 21.4. The summed E-state index contributed by atoms with van der Waals surface area (Å²) in [7, 11) is 0. The normalized spacial score (nSPS) is 17.5. The van der Waals surface area contributed by atoms with Gasteiger partial charge in [-0.2, -0.15) is 0 Å². The molecule has 1 aliphatic heterocycles. The fraction of sp³-hybridized carbons (Fsp3) is 0.478. The van der Waals surface area contributed by atoms with Gasteiger partial charge in [0.05, 0.1) is 6.54 Å². The van der Waals surface area contributed by atoms with Gasteiger partial charge in [-0.3, -0.25) is 14.7 Å². The van der Waals surface area contributed by atoms with Crippen LogP contribution in [0.5, 0.6) is 0 Å². The molecule has 2 aromatic rings. The second-order valence-corrected chi connectivity index (χ2v) is 7.46. The molecule has 1 aliphatic rings. The summed E-state index contributed by atoms with van der Waals surface area (Å²) in [5.41, 5.74) is 2.61. The number of hydrogen-bond acceptors (Lipinski definition) is 3. The van der Waals surface area contributed by atoms with E-state index in [9.17, 15) is 9.18 Å². The molecule has 0 N–H and O–H groups in total. The molecule has 1 fully saturated rings. The minimum absolute atomic E-state index is 0.187. The van der Waals surface area contributed by atoms with Crippen LogP contribution in [0.2, 0.25) is 0 Å². The van der Waals surface area contributed by atoms with Crippen LogP contribution in [-0.4, -0.2) is 53.4 Å². The summed E-state index contributed by atoms with van der Waals surface area (Å²) in [6.07, 6.45) is 2.64. The third kappa shape index (κ3) is 5.16. The minimum atomic E-state index is -0.187. The molecule has 0 aliphatic carbocycles. The Kier molecular flexibility index (Phi) is 7.15. The lowest BCUT2D eigenvalue weighted by atomic mass is 9.94. The number of likely N-dealkylation sites (tertiary alicyclic amines) is 1. The highest BCUT2D eigenvalue weighted by Gasteiger charge is 2.25. The summed E-state index contributed by atoms with van der Waals surface area (Å²) < 4.78 is 14.0. The number of pyridine rings is 1. The van der Waals surface area contributed by atoms with Gasteiger partial charge in [-0.25, -0.2) is 4.39 Å². The third-order valence-electron chi connectivity index (χ3n) is 5.56. The van der Waals surface area contributed by atoms with Crippen LogP contribution in [0.25, 0.3) is 0 Å². The molecular formula is C23H30FN3O. The number of aromatic nitrogens is 1. The van der Waals surface area contributed by atoms with Crippen molar-refractivity contribution in [2.45, 2.75) is 39.0 Å². The molecule has 28 heavy (non-hydrogen) atoms. The fourth-order valence-electron chi connectivity index (χ4n) is 3.97. The highest BCUT2D eigenvalue weighted by molar-refractivity contribution is 5.78. The largest absolute Gasteiger partial charge is 0.342 e. The fourth-order valence-corrected chi connectivity index (χ4v) is 3.97. The molecule has 0 saturated carbocycles. The van der Waals surface area contributed by atoms with Crippen molar-refractivity contribution in [1.82, 2.24) is 14.8 Å². The van der Waals surface area contributed by atoms with E-state index in [4.69, 9.17) is 4.98 Å². The maximum Gasteiger partial charge on any atom is 0.236 e. The molecular weight excluding hydrogens is 353 g/mol. The van der Waals surface area contributed by atoms with Gasteiger partial charge in [0.15, 0.2) is 0 Å². The lowest BCUT2D eigenvalue weighted by Gasteiger charge is -2.33. The smallest absolute Gasteiger partial charge is 0.236 e. The first-order chi connectivity index (χ1) is 13.6. The molecule has 1 amide bonds. The summed E-state index contributed by atoms with van der Waals surface area (Å²) in [5.74, 6) is 0.333. The van der Waals surface area contributed by atoms with Crippen LogP contribution < -0.4 is 0 Å². The lowest BCUT2D eigenvalue weighted by Crippen LogP contribution is -2.43. The van der Waals surface area contributed by atoms with Crippen molar-refractivity contribution in [3.63, 3.8) is 0 Å². The van der Waals surface area contributed by atoms with Crippen molar-refractivity contribution in [3.8, 4) is 0 Å². The second kappa shape index (κ2) is 9.78. The number of amides is 1. The molecule has 4 nitrogen and oxygen atoms in total. The van der Waals surface area contributed by atoms with Crippen LogP contribution >= 0.6 is 0 Å². The van der Waals surface area contributed by atoms with Crippen LogP contribution in [0.3, 0.4) is 0 Å². The summed E-state index contributed by atoms with van der Waals surface area (Å²) in [5, 5.41) is 0. The topological polar surface area (TPSA) is 36.4 Å². The van der Waals surface area contributed by atoms with E-state index in [0.717, 1.165) is 50.4 Å². The van der Waals surface area contributed by atoms with Gasteiger partial charge < -0.3 is 4.90 Å². The Bertz CT molecular complexity index is 791. The molecule has 3 rings (SSSR count). The number of carbonyl (C=O) groups excluding carboxylic acids is 1. The average molecular weight is 384 g/mol. The van der Waals surface area contributed by atoms with Gasteiger partial charge in [-0.1, -0.05) is 24.3 Å². The average Bonchev–Trinajstić information content (AvgIpc) is 2.71. The standard InChI is InChI=1S/C23H30FN3O/c1-3-27(4-2)23(28)17-26-14-8-10-19(16-26)22-13-7-11-20(25-22)15-18-9-5-6-12-21(18)24/h5-7,9,11-13,19H,3-4,8,10,14-17H2,1-2H3/t19-/m1/s1. The molecule has 0 unspecified atom stereocenters. The zero-order valence-electron chi connectivity index (χ0n) is 16.9. The number of benzene rings is 1. The predicted molar refractivity (Wildman–Crippen MR) is 110 cm³/mol. The highest BCUT2D eigenvalue weighted by Crippen LogP contribution is 2.26. The van der Waals surface area contributed by atoms with E-state index in [1.807, 2.05) is 43.0 Å². The highest BCUT2D eigenvalue weighted by atomic mass is 19.1. The monoisotopic (exact) mass is 383 g/mol. The van der Waals surface area contributed by atoms with Crippen LogP contribution in [0.4, 0.5) is 4.39 Å². The summed E-state index contributed by atoms with van der Waals surface area (Å²) in [6.45, 7) is 7.84. The van der Waals surface area contributed by atoms with Crippen molar-refractivity contribution in [2.75, 3.05) is 32.7 Å². The number of likely N-dealkylation sites (N-methyl/N-ethyl adjacent to an activating group) is 1. The Hall–Kier alpha value is -2.27. The Balaban J connectivity index is 1.66. The van der Waals surface area contributed by atoms with Gasteiger partial charge in [0.1, 0.15) is 5.82 Å². The molecule has 1 saturated heterocycles. The van der Waals surface area contributed by atoms with Gasteiger partial charge >= 0.3 is 0 Å². The quantitative estimate of drug-likeness (QED) is 0.728. The Morgan fingerprint density at radius 2 is 1.96 bits per heavy atom. The maximum absolute atomic E-state index is 14.0. The van der Waals surface area contributed by atoms with Gasteiger partial charge in [0.2, 0.25) is 5.91 Å².